The Labute approximate surface area is 205 Å². The molecule has 1 amide bonds. The number of methoxy groups -OCH3 is 1. The van der Waals surface area contributed by atoms with Crippen LogP contribution in [0.5, 0.6) is 5.75 Å². The highest BCUT2D eigenvalue weighted by Crippen LogP contribution is 2.28. The van der Waals surface area contributed by atoms with Crippen molar-refractivity contribution < 1.29 is 9.53 Å². The van der Waals surface area contributed by atoms with E-state index in [-0.39, 0.29) is 11.5 Å². The van der Waals surface area contributed by atoms with Gasteiger partial charge in [0.1, 0.15) is 11.6 Å². The molecule has 0 radical (unpaired) electrons. The molecule has 4 rings (SSSR count). The van der Waals surface area contributed by atoms with Gasteiger partial charge in [-0.15, -0.1) is 0 Å². The predicted molar refractivity (Wildman–Crippen MR) is 139 cm³/mol. The first-order valence-corrected chi connectivity index (χ1v) is 11.9. The number of carbonyl (C=O) groups is 1. The zero-order valence-corrected chi connectivity index (χ0v) is 20.6. The molecular weight excluding hydrogens is 438 g/mol. The lowest BCUT2D eigenvalue weighted by Gasteiger charge is -2.31. The third-order valence-corrected chi connectivity index (χ3v) is 6.20. The Bertz CT molecular complexity index is 1380. The molecule has 0 aliphatic rings. The summed E-state index contributed by atoms with van der Waals surface area (Å²) in [6.45, 7) is 6.74. The van der Waals surface area contributed by atoms with E-state index >= 15 is 0 Å². The standard InChI is InChI=1S/C29H31N3O3/c1-20(2)18-19-31(28(33)22-12-6-5-7-13-22)21(3)27-30-24-15-9-8-14-23(24)29(34)32(27)25-16-10-11-17-26(25)35-4/h5-17,20-21H,18-19H2,1-4H3. The molecular formula is C29H31N3O3. The second-order valence-electron chi connectivity index (χ2n) is 9.02. The molecule has 0 aliphatic carbocycles. The molecule has 3 aromatic carbocycles. The van der Waals surface area contributed by atoms with Gasteiger partial charge in [0, 0.05) is 12.1 Å². The van der Waals surface area contributed by atoms with Crippen molar-refractivity contribution in [2.75, 3.05) is 13.7 Å². The summed E-state index contributed by atoms with van der Waals surface area (Å²) >= 11 is 0. The minimum Gasteiger partial charge on any atom is -0.495 e. The largest absolute Gasteiger partial charge is 0.495 e. The van der Waals surface area contributed by atoms with Crippen molar-refractivity contribution in [2.24, 2.45) is 5.92 Å². The summed E-state index contributed by atoms with van der Waals surface area (Å²) in [5, 5.41) is 0.512. The Morgan fingerprint density at radius 1 is 0.943 bits per heavy atom. The smallest absolute Gasteiger partial charge is 0.266 e. The second-order valence-corrected chi connectivity index (χ2v) is 9.02. The fourth-order valence-electron chi connectivity index (χ4n) is 4.23. The van der Waals surface area contributed by atoms with Gasteiger partial charge in [-0.1, -0.05) is 56.3 Å². The van der Waals surface area contributed by atoms with E-state index in [0.717, 1.165) is 6.42 Å². The Hall–Kier alpha value is -3.93. The number of benzene rings is 3. The normalized spacial score (nSPS) is 12.0. The third kappa shape index (κ3) is 4.97. The van der Waals surface area contributed by atoms with Gasteiger partial charge in [0.25, 0.3) is 11.5 Å². The zero-order valence-electron chi connectivity index (χ0n) is 20.6. The highest BCUT2D eigenvalue weighted by atomic mass is 16.5. The lowest BCUT2D eigenvalue weighted by Crippen LogP contribution is -2.38. The van der Waals surface area contributed by atoms with Gasteiger partial charge in [-0.2, -0.15) is 0 Å². The monoisotopic (exact) mass is 469 g/mol. The number of carbonyl (C=O) groups excluding carboxylic acids is 1. The Morgan fingerprint density at radius 3 is 2.31 bits per heavy atom. The van der Waals surface area contributed by atoms with Gasteiger partial charge < -0.3 is 9.64 Å². The minimum atomic E-state index is -0.469. The summed E-state index contributed by atoms with van der Waals surface area (Å²) < 4.78 is 7.18. The first kappa shape index (κ1) is 24.2. The molecule has 1 aromatic heterocycles. The van der Waals surface area contributed by atoms with Crippen LogP contribution in [-0.4, -0.2) is 34.0 Å². The van der Waals surface area contributed by atoms with E-state index in [0.29, 0.717) is 46.2 Å². The van der Waals surface area contributed by atoms with Crippen molar-refractivity contribution in [2.45, 2.75) is 33.2 Å². The van der Waals surface area contributed by atoms with Crippen molar-refractivity contribution in [3.63, 3.8) is 0 Å². The van der Waals surface area contributed by atoms with Crippen LogP contribution in [0.1, 0.15) is 49.4 Å². The van der Waals surface area contributed by atoms with Gasteiger partial charge in [-0.3, -0.25) is 14.2 Å². The molecule has 35 heavy (non-hydrogen) atoms. The summed E-state index contributed by atoms with van der Waals surface area (Å²) in [7, 11) is 1.58. The van der Waals surface area contributed by atoms with E-state index in [1.54, 1.807) is 17.7 Å². The number of amides is 1. The van der Waals surface area contributed by atoms with Gasteiger partial charge in [0.05, 0.1) is 29.7 Å². The van der Waals surface area contributed by atoms with Crippen LogP contribution < -0.4 is 10.3 Å². The molecule has 6 nitrogen and oxygen atoms in total. The van der Waals surface area contributed by atoms with Crippen molar-refractivity contribution in [1.82, 2.24) is 14.5 Å². The number of fused-ring (bicyclic) bond motifs is 1. The van der Waals surface area contributed by atoms with Crippen LogP contribution >= 0.6 is 0 Å². The van der Waals surface area contributed by atoms with Crippen LogP contribution in [0.4, 0.5) is 0 Å². The molecule has 180 valence electrons. The van der Waals surface area contributed by atoms with Crippen molar-refractivity contribution in [3.8, 4) is 11.4 Å². The lowest BCUT2D eigenvalue weighted by molar-refractivity contribution is 0.0671. The van der Waals surface area contributed by atoms with Gasteiger partial charge in [-0.25, -0.2) is 4.98 Å². The Balaban J connectivity index is 1.93. The van der Waals surface area contributed by atoms with Gasteiger partial charge >= 0.3 is 0 Å². The topological polar surface area (TPSA) is 64.4 Å². The molecule has 0 aliphatic heterocycles. The molecule has 0 fully saturated rings. The SMILES string of the molecule is COc1ccccc1-n1c(C(C)N(CCC(C)C)C(=O)c2ccccc2)nc2ccccc2c1=O. The van der Waals surface area contributed by atoms with Gasteiger partial charge in [-0.05, 0) is 55.7 Å². The molecule has 0 saturated heterocycles. The average Bonchev–Trinajstić information content (AvgIpc) is 2.89. The molecule has 0 bridgehead atoms. The summed E-state index contributed by atoms with van der Waals surface area (Å²) in [5.41, 5.74) is 1.60. The van der Waals surface area contributed by atoms with E-state index in [1.807, 2.05) is 84.6 Å². The Morgan fingerprint density at radius 2 is 1.60 bits per heavy atom. The van der Waals surface area contributed by atoms with Gasteiger partial charge in [0.15, 0.2) is 0 Å². The molecule has 1 atom stereocenters. The van der Waals surface area contributed by atoms with Crippen LogP contribution in [0.15, 0.2) is 83.7 Å². The predicted octanol–water partition coefficient (Wildman–Crippen LogP) is 5.64. The summed E-state index contributed by atoms with van der Waals surface area (Å²) in [6, 6.07) is 23.4. The number of aromatic nitrogens is 2. The van der Waals surface area contributed by atoms with Crippen molar-refractivity contribution >= 4 is 16.8 Å². The number of hydrogen-bond donors (Lipinski definition) is 0. The number of para-hydroxylation sites is 3. The van der Waals surface area contributed by atoms with Crippen LogP contribution in [0.25, 0.3) is 16.6 Å². The van der Waals surface area contributed by atoms with Crippen molar-refractivity contribution in [1.29, 1.82) is 0 Å². The highest BCUT2D eigenvalue weighted by molar-refractivity contribution is 5.94. The highest BCUT2D eigenvalue weighted by Gasteiger charge is 2.28. The fourth-order valence-corrected chi connectivity index (χ4v) is 4.23. The Kier molecular flexibility index (Phi) is 7.30. The molecule has 1 unspecified atom stereocenters. The van der Waals surface area contributed by atoms with E-state index in [4.69, 9.17) is 9.72 Å². The maximum Gasteiger partial charge on any atom is 0.266 e. The molecule has 0 N–H and O–H groups in total. The third-order valence-electron chi connectivity index (χ3n) is 6.20. The van der Waals surface area contributed by atoms with Gasteiger partial charge in [0.2, 0.25) is 0 Å². The van der Waals surface area contributed by atoms with E-state index in [1.165, 1.54) is 0 Å². The maximum atomic E-state index is 13.8. The lowest BCUT2D eigenvalue weighted by atomic mass is 10.1. The first-order chi connectivity index (χ1) is 16.9. The average molecular weight is 470 g/mol. The number of hydrogen-bond acceptors (Lipinski definition) is 4. The summed E-state index contributed by atoms with van der Waals surface area (Å²) in [6.07, 6.45) is 0.829. The van der Waals surface area contributed by atoms with Crippen molar-refractivity contribution in [3.05, 3.63) is 101 Å². The second kappa shape index (κ2) is 10.6. The fraction of sp³-hybridized carbons (Fsp3) is 0.276. The summed E-state index contributed by atoms with van der Waals surface area (Å²) in [4.78, 5) is 34.2. The minimum absolute atomic E-state index is 0.0901. The number of rotatable bonds is 8. The van der Waals surface area contributed by atoms with Crippen LogP contribution in [0.2, 0.25) is 0 Å². The van der Waals surface area contributed by atoms with E-state index in [9.17, 15) is 9.59 Å². The van der Waals surface area contributed by atoms with Crippen LogP contribution in [0.3, 0.4) is 0 Å². The molecule has 0 saturated carbocycles. The summed E-state index contributed by atoms with van der Waals surface area (Å²) in [5.74, 6) is 1.37. The quantitative estimate of drug-likeness (QED) is 0.335. The number of ether oxygens (including phenoxy) is 1. The molecule has 4 aromatic rings. The van der Waals surface area contributed by atoms with Crippen LogP contribution in [-0.2, 0) is 0 Å². The molecule has 1 heterocycles. The van der Waals surface area contributed by atoms with E-state index in [2.05, 4.69) is 13.8 Å². The molecule has 6 heteroatoms. The van der Waals surface area contributed by atoms with Crippen LogP contribution in [0, 0.1) is 5.92 Å². The molecule has 0 spiro atoms. The van der Waals surface area contributed by atoms with E-state index < -0.39 is 6.04 Å². The zero-order chi connectivity index (χ0) is 24.9. The number of nitrogens with zero attached hydrogens (tertiary/aromatic N) is 3. The first-order valence-electron chi connectivity index (χ1n) is 11.9. The maximum absolute atomic E-state index is 13.8.